The number of benzene rings is 2. The van der Waals surface area contributed by atoms with Crippen LogP contribution in [-0.2, 0) is 9.84 Å². The number of carbonyl (C=O) groups is 1. The predicted octanol–water partition coefficient (Wildman–Crippen LogP) is 2.31. The van der Waals surface area contributed by atoms with E-state index in [-0.39, 0.29) is 32.5 Å². The maximum atomic E-state index is 12.8. The van der Waals surface area contributed by atoms with E-state index >= 15 is 0 Å². The normalized spacial score (nSPS) is 16.0. The van der Waals surface area contributed by atoms with Crippen LogP contribution in [0.15, 0.2) is 46.2 Å². The maximum Gasteiger partial charge on any atom is 0.211 e. The summed E-state index contributed by atoms with van der Waals surface area (Å²) in [6.07, 6.45) is 0. The minimum atomic E-state index is -3.90. The van der Waals surface area contributed by atoms with Gasteiger partial charge in [0.05, 0.1) is 13.0 Å². The topological polar surface area (TPSA) is 71.4 Å². The lowest BCUT2D eigenvalue weighted by atomic mass is 10.0. The first-order valence-electron chi connectivity index (χ1n) is 6.91. The van der Waals surface area contributed by atoms with E-state index in [0.717, 1.165) is 0 Å². The van der Waals surface area contributed by atoms with Crippen LogP contribution in [-0.4, -0.2) is 27.4 Å². The average molecular weight is 332 g/mol. The van der Waals surface area contributed by atoms with Crippen molar-refractivity contribution in [2.45, 2.75) is 29.4 Å². The summed E-state index contributed by atoms with van der Waals surface area (Å²) in [4.78, 5) is 12.3. The molecular weight excluding hydrogens is 316 g/mol. The maximum absolute atomic E-state index is 12.8. The van der Waals surface area contributed by atoms with Gasteiger partial charge in [-0.2, -0.15) is 0 Å². The summed E-state index contributed by atoms with van der Waals surface area (Å²) in [5, 5.41) is 11.2. The third kappa shape index (κ3) is 1.94. The fraction of sp³-hybridized carbons (Fsp3) is 0.188. The first-order chi connectivity index (χ1) is 10.2. The number of phenols is 1. The van der Waals surface area contributed by atoms with Crippen LogP contribution in [0, 0.1) is 0 Å². The predicted molar refractivity (Wildman–Crippen MR) is 86.4 cm³/mol. The van der Waals surface area contributed by atoms with Crippen LogP contribution in [0.2, 0.25) is 19.6 Å². The molecule has 0 amide bonds. The summed E-state index contributed by atoms with van der Waals surface area (Å²) in [5.41, 5.74) is 0.216. The van der Waals surface area contributed by atoms with Crippen molar-refractivity contribution in [3.05, 3.63) is 47.5 Å². The molecule has 6 heteroatoms. The highest BCUT2D eigenvalue weighted by Gasteiger charge is 2.39. The molecular formula is C16H16O4SSi. The number of hydrogen-bond acceptors (Lipinski definition) is 4. The van der Waals surface area contributed by atoms with Crippen molar-refractivity contribution in [1.82, 2.24) is 0 Å². The molecule has 4 nitrogen and oxygen atoms in total. The molecule has 22 heavy (non-hydrogen) atoms. The molecule has 114 valence electrons. The van der Waals surface area contributed by atoms with E-state index in [1.807, 2.05) is 19.6 Å². The molecule has 0 radical (unpaired) electrons. The molecule has 0 atom stereocenters. The van der Waals surface area contributed by atoms with Crippen LogP contribution in [0.1, 0.15) is 15.9 Å². The Labute approximate surface area is 130 Å². The molecule has 1 heterocycles. The van der Waals surface area contributed by atoms with Gasteiger partial charge in [-0.05, 0) is 23.4 Å². The Bertz CT molecular complexity index is 908. The standard InChI is InChI=1S/C16H16O4SSi/c1-22(2,3)13-9-8-11-14(17)10-6-4-5-7-12(10)21(19,20)16(11)15(13)18/h4-9,18H,1-3H3. The summed E-state index contributed by atoms with van der Waals surface area (Å²) in [6.45, 7) is 6.04. The van der Waals surface area contributed by atoms with E-state index in [2.05, 4.69) is 0 Å². The van der Waals surface area contributed by atoms with E-state index in [9.17, 15) is 18.3 Å². The zero-order chi connectivity index (χ0) is 16.3. The smallest absolute Gasteiger partial charge is 0.211 e. The third-order valence-electron chi connectivity index (χ3n) is 3.87. The van der Waals surface area contributed by atoms with Crippen LogP contribution in [0.4, 0.5) is 0 Å². The van der Waals surface area contributed by atoms with Crippen LogP contribution in [0.5, 0.6) is 5.75 Å². The molecule has 2 aromatic carbocycles. The second-order valence-electron chi connectivity index (χ2n) is 6.42. The van der Waals surface area contributed by atoms with Gasteiger partial charge >= 0.3 is 0 Å². The third-order valence-corrected chi connectivity index (χ3v) is 7.78. The summed E-state index contributed by atoms with van der Waals surface area (Å²) in [6, 6.07) is 9.33. The first kappa shape index (κ1) is 15.0. The summed E-state index contributed by atoms with van der Waals surface area (Å²) < 4.78 is 25.7. The Morgan fingerprint density at radius 2 is 1.59 bits per heavy atom. The van der Waals surface area contributed by atoms with Crippen molar-refractivity contribution >= 4 is 28.9 Å². The number of carbonyl (C=O) groups excluding carboxylic acids is 1. The molecule has 0 spiro atoms. The molecule has 0 bridgehead atoms. The monoisotopic (exact) mass is 332 g/mol. The van der Waals surface area contributed by atoms with Gasteiger partial charge in [0.2, 0.25) is 9.84 Å². The number of hydrogen-bond donors (Lipinski definition) is 1. The second-order valence-corrected chi connectivity index (χ2v) is 13.3. The number of phenolic OH excluding ortho intramolecular Hbond substituents is 1. The van der Waals surface area contributed by atoms with E-state index in [4.69, 9.17) is 0 Å². The van der Waals surface area contributed by atoms with Gasteiger partial charge in [-0.1, -0.05) is 37.8 Å². The Morgan fingerprint density at radius 3 is 2.23 bits per heavy atom. The minimum absolute atomic E-state index is 0.0319. The van der Waals surface area contributed by atoms with Gasteiger partial charge in [-0.3, -0.25) is 4.79 Å². The number of ketones is 1. The minimum Gasteiger partial charge on any atom is -0.507 e. The zero-order valence-electron chi connectivity index (χ0n) is 12.5. The van der Waals surface area contributed by atoms with E-state index in [0.29, 0.717) is 5.19 Å². The molecule has 0 aromatic heterocycles. The molecule has 0 unspecified atom stereocenters. The van der Waals surface area contributed by atoms with Crippen molar-refractivity contribution in [2.24, 2.45) is 0 Å². The largest absolute Gasteiger partial charge is 0.507 e. The highest BCUT2D eigenvalue weighted by atomic mass is 32.2. The Balaban J connectivity index is 2.43. The highest BCUT2D eigenvalue weighted by molar-refractivity contribution is 7.92. The molecule has 1 N–H and O–H groups in total. The molecule has 1 aliphatic rings. The van der Waals surface area contributed by atoms with E-state index in [1.165, 1.54) is 18.2 Å². The summed E-state index contributed by atoms with van der Waals surface area (Å²) in [5.74, 6) is -0.627. The Kier molecular flexibility index (Phi) is 3.09. The second kappa shape index (κ2) is 4.53. The van der Waals surface area contributed by atoms with Gasteiger partial charge in [0.15, 0.2) is 5.78 Å². The van der Waals surface area contributed by atoms with E-state index < -0.39 is 17.9 Å². The van der Waals surface area contributed by atoms with Crippen molar-refractivity contribution in [1.29, 1.82) is 0 Å². The Morgan fingerprint density at radius 1 is 0.955 bits per heavy atom. The quantitative estimate of drug-likeness (QED) is 0.694. The van der Waals surface area contributed by atoms with Crippen molar-refractivity contribution in [3.8, 4) is 5.75 Å². The van der Waals surface area contributed by atoms with Crippen molar-refractivity contribution in [2.75, 3.05) is 0 Å². The highest BCUT2D eigenvalue weighted by Crippen LogP contribution is 2.38. The van der Waals surface area contributed by atoms with Crippen LogP contribution in [0.3, 0.4) is 0 Å². The van der Waals surface area contributed by atoms with Crippen LogP contribution < -0.4 is 5.19 Å². The molecule has 3 rings (SSSR count). The lowest BCUT2D eigenvalue weighted by Crippen LogP contribution is -2.39. The lowest BCUT2D eigenvalue weighted by molar-refractivity contribution is 0.103. The van der Waals surface area contributed by atoms with Gasteiger partial charge in [0, 0.05) is 11.1 Å². The number of fused-ring (bicyclic) bond motifs is 2. The van der Waals surface area contributed by atoms with Crippen LogP contribution in [0.25, 0.3) is 0 Å². The molecule has 2 aromatic rings. The molecule has 1 aliphatic heterocycles. The molecule has 0 fully saturated rings. The molecule has 0 aliphatic carbocycles. The first-order valence-corrected chi connectivity index (χ1v) is 11.9. The van der Waals surface area contributed by atoms with Gasteiger partial charge in [-0.15, -0.1) is 0 Å². The van der Waals surface area contributed by atoms with Crippen LogP contribution >= 0.6 is 0 Å². The molecule has 0 saturated carbocycles. The zero-order valence-corrected chi connectivity index (χ0v) is 14.4. The van der Waals surface area contributed by atoms with Crippen molar-refractivity contribution < 1.29 is 18.3 Å². The van der Waals surface area contributed by atoms with Gasteiger partial charge in [0.1, 0.15) is 10.6 Å². The average Bonchev–Trinajstić information content (AvgIpc) is 2.43. The van der Waals surface area contributed by atoms with Crippen molar-refractivity contribution in [3.63, 3.8) is 0 Å². The number of aromatic hydroxyl groups is 1. The lowest BCUT2D eigenvalue weighted by Gasteiger charge is -2.24. The van der Waals surface area contributed by atoms with E-state index in [1.54, 1.807) is 18.2 Å². The van der Waals surface area contributed by atoms with Gasteiger partial charge in [-0.25, -0.2) is 8.42 Å². The summed E-state index contributed by atoms with van der Waals surface area (Å²) >= 11 is 0. The number of rotatable bonds is 1. The fourth-order valence-corrected chi connectivity index (χ4v) is 6.02. The SMILES string of the molecule is C[Si](C)(C)c1ccc2c(c1O)S(=O)(=O)c1ccccc1C2=O. The fourth-order valence-electron chi connectivity index (χ4n) is 2.77. The Hall–Kier alpha value is -1.92. The summed E-state index contributed by atoms with van der Waals surface area (Å²) in [7, 11) is -5.84. The van der Waals surface area contributed by atoms with Gasteiger partial charge in [0.25, 0.3) is 0 Å². The number of sulfone groups is 1. The molecule has 0 saturated heterocycles. The van der Waals surface area contributed by atoms with Gasteiger partial charge < -0.3 is 5.11 Å².